The third-order valence-electron chi connectivity index (χ3n) is 6.23. The summed E-state index contributed by atoms with van der Waals surface area (Å²) < 4.78 is 22.1. The molecule has 6 nitrogen and oxygen atoms in total. The van der Waals surface area contributed by atoms with Crippen molar-refractivity contribution in [1.29, 1.82) is 0 Å². The van der Waals surface area contributed by atoms with Crippen LogP contribution in [0, 0.1) is 5.92 Å². The topological polar surface area (TPSA) is 102 Å². The maximum absolute atomic E-state index is 6.95. The fourth-order valence-corrected chi connectivity index (χ4v) is 4.34. The van der Waals surface area contributed by atoms with E-state index in [0.717, 1.165) is 57.8 Å². The van der Waals surface area contributed by atoms with Crippen molar-refractivity contribution in [2.24, 2.45) is 17.4 Å². The van der Waals surface area contributed by atoms with Crippen LogP contribution in [0.3, 0.4) is 0 Å². The molecule has 4 heterocycles. The Morgan fingerprint density at radius 2 is 1.32 bits per heavy atom. The molecule has 0 saturated carbocycles. The van der Waals surface area contributed by atoms with Gasteiger partial charge in [0.15, 0.2) is 0 Å². The Hall–Kier alpha value is -0.920. The predicted molar refractivity (Wildman–Crippen MR) is 91.7 cm³/mol. The molecule has 1 aliphatic carbocycles. The van der Waals surface area contributed by atoms with E-state index < -0.39 is 5.54 Å². The van der Waals surface area contributed by atoms with Crippen LogP contribution in [-0.2, 0) is 18.9 Å². The van der Waals surface area contributed by atoms with Gasteiger partial charge in [-0.3, -0.25) is 0 Å². The molecule has 0 bridgehead atoms. The lowest BCUT2D eigenvalue weighted by Gasteiger charge is -2.43. The number of ether oxygens (including phenoxy) is 4. The van der Waals surface area contributed by atoms with Crippen LogP contribution in [0.15, 0.2) is 22.4 Å². The van der Waals surface area contributed by atoms with E-state index in [9.17, 15) is 0 Å². The third kappa shape index (κ3) is 3.38. The molecular formula is C19H28N2O4. The zero-order chi connectivity index (χ0) is 17.2. The van der Waals surface area contributed by atoms with Crippen molar-refractivity contribution >= 4 is 0 Å². The van der Waals surface area contributed by atoms with Gasteiger partial charge in [-0.1, -0.05) is 0 Å². The summed E-state index contributed by atoms with van der Waals surface area (Å²) in [5.74, 6) is 0.117. The van der Waals surface area contributed by atoms with Crippen LogP contribution in [0.25, 0.3) is 0 Å². The van der Waals surface area contributed by atoms with E-state index in [1.165, 1.54) is 16.7 Å². The lowest BCUT2D eigenvalue weighted by Crippen LogP contribution is -2.52. The SMILES string of the molecule is CC1(N)C(CC2CO2)=C(CC2CO2)C(CC2CO2)=C(N)C1CC1CO1. The Morgan fingerprint density at radius 3 is 1.84 bits per heavy atom. The van der Waals surface area contributed by atoms with E-state index in [4.69, 9.17) is 30.4 Å². The van der Waals surface area contributed by atoms with Gasteiger partial charge in [-0.05, 0) is 36.5 Å². The summed E-state index contributed by atoms with van der Waals surface area (Å²) in [6.45, 7) is 5.48. The predicted octanol–water partition coefficient (Wildman–Crippen LogP) is 0.999. The highest BCUT2D eigenvalue weighted by Crippen LogP contribution is 2.48. The minimum Gasteiger partial charge on any atom is -0.402 e. The van der Waals surface area contributed by atoms with Crippen LogP contribution < -0.4 is 11.5 Å². The first-order chi connectivity index (χ1) is 12.0. The third-order valence-corrected chi connectivity index (χ3v) is 6.23. The van der Waals surface area contributed by atoms with E-state index in [0.29, 0.717) is 24.4 Å². The number of hydrogen-bond acceptors (Lipinski definition) is 6. The maximum atomic E-state index is 6.95. The largest absolute Gasteiger partial charge is 0.402 e. The quantitative estimate of drug-likeness (QED) is 0.635. The second kappa shape index (κ2) is 5.79. The molecule has 0 aromatic heterocycles. The molecule has 4 saturated heterocycles. The lowest BCUT2D eigenvalue weighted by molar-refractivity contribution is 0.288. The summed E-state index contributed by atoms with van der Waals surface area (Å²) in [5.41, 5.74) is 18.1. The van der Waals surface area contributed by atoms with Gasteiger partial charge in [-0.15, -0.1) is 0 Å². The maximum Gasteiger partial charge on any atom is 0.0850 e. The molecule has 0 amide bonds. The van der Waals surface area contributed by atoms with Crippen molar-refractivity contribution in [1.82, 2.24) is 0 Å². The number of rotatable bonds is 8. The van der Waals surface area contributed by atoms with Crippen LogP contribution in [0.1, 0.15) is 32.6 Å². The van der Waals surface area contributed by atoms with Crippen molar-refractivity contribution in [2.45, 2.75) is 62.6 Å². The highest BCUT2D eigenvalue weighted by Gasteiger charge is 2.48. The molecule has 5 aliphatic rings. The summed E-state index contributed by atoms with van der Waals surface area (Å²) in [4.78, 5) is 0. The Balaban J connectivity index is 1.54. The fourth-order valence-electron chi connectivity index (χ4n) is 4.34. The van der Waals surface area contributed by atoms with Crippen molar-refractivity contribution in [3.8, 4) is 0 Å². The van der Waals surface area contributed by atoms with Gasteiger partial charge in [0.05, 0.1) is 50.8 Å². The molecule has 0 spiro atoms. The molecule has 6 atom stereocenters. The minimum atomic E-state index is -0.458. The molecule has 0 radical (unpaired) electrons. The van der Waals surface area contributed by atoms with Crippen LogP contribution in [0.4, 0.5) is 0 Å². The zero-order valence-corrected chi connectivity index (χ0v) is 14.8. The molecule has 6 unspecified atom stereocenters. The fraction of sp³-hybridized carbons (Fsp3) is 0.789. The first-order valence-corrected chi connectivity index (χ1v) is 9.49. The van der Waals surface area contributed by atoms with Crippen LogP contribution in [-0.4, -0.2) is 56.4 Å². The van der Waals surface area contributed by atoms with Gasteiger partial charge in [-0.2, -0.15) is 0 Å². The van der Waals surface area contributed by atoms with Crippen LogP contribution in [0.2, 0.25) is 0 Å². The van der Waals surface area contributed by atoms with Gasteiger partial charge in [0.2, 0.25) is 0 Å². The Bertz CT molecular complexity index is 625. The Labute approximate surface area is 148 Å². The van der Waals surface area contributed by atoms with Gasteiger partial charge >= 0.3 is 0 Å². The van der Waals surface area contributed by atoms with Gasteiger partial charge < -0.3 is 30.4 Å². The average Bonchev–Trinajstić information content (AvgIpc) is 3.43. The van der Waals surface area contributed by atoms with Gasteiger partial charge in [0.1, 0.15) is 0 Å². The summed E-state index contributed by atoms with van der Waals surface area (Å²) in [5, 5.41) is 0. The van der Waals surface area contributed by atoms with E-state index in [-0.39, 0.29) is 5.92 Å². The zero-order valence-electron chi connectivity index (χ0n) is 14.8. The molecular weight excluding hydrogens is 320 g/mol. The second-order valence-corrected chi connectivity index (χ2v) is 8.40. The molecule has 25 heavy (non-hydrogen) atoms. The second-order valence-electron chi connectivity index (χ2n) is 8.40. The lowest BCUT2D eigenvalue weighted by atomic mass is 9.66. The number of hydrogen-bond donors (Lipinski definition) is 2. The summed E-state index contributed by atoms with van der Waals surface area (Å²) in [6, 6.07) is 0. The van der Waals surface area contributed by atoms with Crippen LogP contribution >= 0.6 is 0 Å². The highest BCUT2D eigenvalue weighted by molar-refractivity contribution is 5.50. The highest BCUT2D eigenvalue weighted by atomic mass is 16.6. The molecule has 4 aliphatic heterocycles. The molecule has 138 valence electrons. The summed E-state index contributed by atoms with van der Waals surface area (Å²) in [6.07, 6.45) is 4.83. The average molecular weight is 348 g/mol. The van der Waals surface area contributed by atoms with Crippen molar-refractivity contribution in [3.63, 3.8) is 0 Å². The first kappa shape index (κ1) is 16.3. The van der Waals surface area contributed by atoms with E-state index in [2.05, 4.69) is 6.92 Å². The van der Waals surface area contributed by atoms with E-state index in [1.54, 1.807) is 0 Å². The van der Waals surface area contributed by atoms with Crippen molar-refractivity contribution < 1.29 is 18.9 Å². The normalized spacial score (nSPS) is 45.0. The van der Waals surface area contributed by atoms with Crippen LogP contribution in [0.5, 0.6) is 0 Å². The molecule has 0 aromatic rings. The molecule has 4 fully saturated rings. The number of epoxide rings is 4. The Morgan fingerprint density at radius 1 is 0.840 bits per heavy atom. The van der Waals surface area contributed by atoms with E-state index >= 15 is 0 Å². The minimum absolute atomic E-state index is 0.117. The van der Waals surface area contributed by atoms with Gasteiger partial charge in [0, 0.05) is 30.0 Å². The first-order valence-electron chi connectivity index (χ1n) is 9.49. The molecule has 4 N–H and O–H groups in total. The van der Waals surface area contributed by atoms with Gasteiger partial charge in [-0.25, -0.2) is 0 Å². The number of nitrogens with two attached hydrogens (primary N) is 2. The summed E-state index contributed by atoms with van der Waals surface area (Å²) in [7, 11) is 0. The van der Waals surface area contributed by atoms with E-state index in [1.807, 2.05) is 0 Å². The Kier molecular flexibility index (Phi) is 3.77. The summed E-state index contributed by atoms with van der Waals surface area (Å²) >= 11 is 0. The standard InChI is InChI=1S/C19H28N2O4/c1-19(21)16(4-12-8-24-12)14(2-10-6-22-10)15(3-11-7-23-11)18(20)17(19)5-13-9-25-13/h10-13,17H,2-9,20-21H2,1H3. The van der Waals surface area contributed by atoms with Crippen molar-refractivity contribution in [2.75, 3.05) is 26.4 Å². The molecule has 0 aromatic carbocycles. The monoisotopic (exact) mass is 348 g/mol. The molecule has 5 rings (SSSR count). The smallest absolute Gasteiger partial charge is 0.0850 e. The molecule has 6 heteroatoms. The van der Waals surface area contributed by atoms with Crippen molar-refractivity contribution in [3.05, 3.63) is 22.4 Å². The van der Waals surface area contributed by atoms with Gasteiger partial charge in [0.25, 0.3) is 0 Å².